The van der Waals surface area contributed by atoms with Crippen LogP contribution in [0.2, 0.25) is 5.02 Å². The molecule has 2 aromatic heterocycles. The molecule has 0 saturated heterocycles. The topological polar surface area (TPSA) is 38.9 Å². The zero-order valence-electron chi connectivity index (χ0n) is 8.22. The van der Waals surface area contributed by atoms with Crippen LogP contribution in [-0.2, 0) is 0 Å². The van der Waals surface area contributed by atoms with Gasteiger partial charge in [0.05, 0.1) is 0 Å². The molecule has 0 spiro atoms. The van der Waals surface area contributed by atoms with E-state index in [4.69, 9.17) is 16.0 Å². The molecule has 3 rings (SSSR count). The summed E-state index contributed by atoms with van der Waals surface area (Å²) >= 11 is 5.91. The molecule has 0 fully saturated rings. The number of halogens is 1. The SMILES string of the molecule is Clc1cccc(-c2nc3cccnc3o2)c1. The number of benzene rings is 1. The first-order valence-corrected chi connectivity index (χ1v) is 5.18. The number of hydrogen-bond donors (Lipinski definition) is 0. The maximum Gasteiger partial charge on any atom is 0.247 e. The Morgan fingerprint density at radius 1 is 1.12 bits per heavy atom. The monoisotopic (exact) mass is 230 g/mol. The molecule has 16 heavy (non-hydrogen) atoms. The standard InChI is InChI=1S/C12H7ClN2O/c13-9-4-1-3-8(7-9)11-15-10-5-2-6-14-12(10)16-11/h1-7H. The zero-order valence-corrected chi connectivity index (χ0v) is 8.98. The molecule has 3 aromatic rings. The van der Waals surface area contributed by atoms with Crippen molar-refractivity contribution >= 4 is 22.8 Å². The predicted octanol–water partition coefficient (Wildman–Crippen LogP) is 3.54. The molecule has 0 atom stereocenters. The molecule has 2 heterocycles. The molecule has 0 radical (unpaired) electrons. The smallest absolute Gasteiger partial charge is 0.247 e. The third kappa shape index (κ3) is 1.55. The fourth-order valence-electron chi connectivity index (χ4n) is 1.51. The number of rotatable bonds is 1. The molecule has 0 amide bonds. The fraction of sp³-hybridized carbons (Fsp3) is 0. The normalized spacial score (nSPS) is 10.8. The van der Waals surface area contributed by atoms with Crippen LogP contribution in [0.4, 0.5) is 0 Å². The second-order valence-electron chi connectivity index (χ2n) is 3.36. The lowest BCUT2D eigenvalue weighted by Crippen LogP contribution is -1.76. The Balaban J connectivity index is 2.19. The van der Waals surface area contributed by atoms with Gasteiger partial charge in [-0.25, -0.2) is 9.97 Å². The molecule has 0 aliphatic carbocycles. The van der Waals surface area contributed by atoms with Crippen molar-refractivity contribution in [1.29, 1.82) is 0 Å². The Morgan fingerprint density at radius 3 is 2.88 bits per heavy atom. The maximum atomic E-state index is 5.91. The van der Waals surface area contributed by atoms with E-state index in [9.17, 15) is 0 Å². The van der Waals surface area contributed by atoms with E-state index < -0.39 is 0 Å². The largest absolute Gasteiger partial charge is 0.418 e. The highest BCUT2D eigenvalue weighted by Crippen LogP contribution is 2.24. The molecule has 0 aliphatic heterocycles. The molecule has 0 saturated carbocycles. The second kappa shape index (κ2) is 3.61. The van der Waals surface area contributed by atoms with E-state index in [0.717, 1.165) is 11.1 Å². The Bertz CT molecular complexity index is 615. The molecular weight excluding hydrogens is 224 g/mol. The minimum absolute atomic E-state index is 0.538. The third-order valence-corrected chi connectivity index (χ3v) is 2.47. The van der Waals surface area contributed by atoms with Gasteiger partial charge in [0, 0.05) is 16.8 Å². The van der Waals surface area contributed by atoms with Crippen molar-refractivity contribution in [2.75, 3.05) is 0 Å². The molecule has 78 valence electrons. The van der Waals surface area contributed by atoms with Crippen molar-refractivity contribution in [2.24, 2.45) is 0 Å². The summed E-state index contributed by atoms with van der Waals surface area (Å²) in [7, 11) is 0. The average molecular weight is 231 g/mol. The Labute approximate surface area is 96.7 Å². The van der Waals surface area contributed by atoms with Crippen LogP contribution in [0.5, 0.6) is 0 Å². The van der Waals surface area contributed by atoms with Gasteiger partial charge in [-0.1, -0.05) is 17.7 Å². The minimum atomic E-state index is 0.538. The van der Waals surface area contributed by atoms with Crippen molar-refractivity contribution < 1.29 is 4.42 Å². The first-order chi connectivity index (χ1) is 7.83. The van der Waals surface area contributed by atoms with Crippen LogP contribution in [0.1, 0.15) is 0 Å². The lowest BCUT2D eigenvalue weighted by molar-refractivity contribution is 0.608. The van der Waals surface area contributed by atoms with E-state index in [1.54, 1.807) is 6.20 Å². The summed E-state index contributed by atoms with van der Waals surface area (Å²) in [5, 5.41) is 0.660. The summed E-state index contributed by atoms with van der Waals surface area (Å²) < 4.78 is 5.53. The van der Waals surface area contributed by atoms with E-state index in [-0.39, 0.29) is 0 Å². The van der Waals surface area contributed by atoms with Gasteiger partial charge in [-0.05, 0) is 30.3 Å². The number of hydrogen-bond acceptors (Lipinski definition) is 3. The minimum Gasteiger partial charge on any atom is -0.418 e. The molecule has 0 unspecified atom stereocenters. The molecular formula is C12H7ClN2O. The Morgan fingerprint density at radius 2 is 2.06 bits per heavy atom. The van der Waals surface area contributed by atoms with Gasteiger partial charge in [-0.2, -0.15) is 0 Å². The Hall–Kier alpha value is -1.87. The van der Waals surface area contributed by atoms with Gasteiger partial charge in [0.15, 0.2) is 0 Å². The van der Waals surface area contributed by atoms with E-state index in [1.165, 1.54) is 0 Å². The van der Waals surface area contributed by atoms with Crippen molar-refractivity contribution in [3.63, 3.8) is 0 Å². The van der Waals surface area contributed by atoms with Gasteiger partial charge in [-0.15, -0.1) is 0 Å². The lowest BCUT2D eigenvalue weighted by Gasteiger charge is -1.94. The van der Waals surface area contributed by atoms with E-state index in [0.29, 0.717) is 16.6 Å². The zero-order chi connectivity index (χ0) is 11.0. The van der Waals surface area contributed by atoms with Gasteiger partial charge in [-0.3, -0.25) is 0 Å². The van der Waals surface area contributed by atoms with Gasteiger partial charge < -0.3 is 4.42 Å². The highest BCUT2D eigenvalue weighted by Gasteiger charge is 2.08. The fourth-order valence-corrected chi connectivity index (χ4v) is 1.71. The predicted molar refractivity (Wildman–Crippen MR) is 62.3 cm³/mol. The Kier molecular flexibility index (Phi) is 2.11. The van der Waals surface area contributed by atoms with E-state index >= 15 is 0 Å². The summed E-state index contributed by atoms with van der Waals surface area (Å²) in [5.41, 5.74) is 2.14. The first-order valence-electron chi connectivity index (χ1n) is 4.80. The van der Waals surface area contributed by atoms with Crippen LogP contribution in [0, 0.1) is 0 Å². The summed E-state index contributed by atoms with van der Waals surface area (Å²) in [6, 6.07) is 11.1. The van der Waals surface area contributed by atoms with Crippen LogP contribution >= 0.6 is 11.6 Å². The molecule has 1 aromatic carbocycles. The number of oxazole rings is 1. The summed E-state index contributed by atoms with van der Waals surface area (Å²) in [6.07, 6.45) is 1.68. The number of nitrogens with zero attached hydrogens (tertiary/aromatic N) is 2. The highest BCUT2D eigenvalue weighted by molar-refractivity contribution is 6.30. The third-order valence-electron chi connectivity index (χ3n) is 2.24. The van der Waals surface area contributed by atoms with Crippen molar-refractivity contribution in [3.8, 4) is 11.5 Å². The van der Waals surface area contributed by atoms with Crippen molar-refractivity contribution in [2.45, 2.75) is 0 Å². The summed E-state index contributed by atoms with van der Waals surface area (Å²) in [5.74, 6) is 0.538. The molecule has 3 nitrogen and oxygen atoms in total. The lowest BCUT2D eigenvalue weighted by atomic mass is 10.2. The summed E-state index contributed by atoms with van der Waals surface area (Å²) in [4.78, 5) is 8.42. The second-order valence-corrected chi connectivity index (χ2v) is 3.79. The first kappa shape index (κ1) is 9.36. The maximum absolute atomic E-state index is 5.91. The van der Waals surface area contributed by atoms with Crippen LogP contribution in [-0.4, -0.2) is 9.97 Å². The van der Waals surface area contributed by atoms with Crippen molar-refractivity contribution in [3.05, 3.63) is 47.6 Å². The van der Waals surface area contributed by atoms with Crippen LogP contribution in [0.15, 0.2) is 47.0 Å². The van der Waals surface area contributed by atoms with Gasteiger partial charge in [0.1, 0.15) is 5.52 Å². The van der Waals surface area contributed by atoms with Crippen molar-refractivity contribution in [1.82, 2.24) is 9.97 Å². The van der Waals surface area contributed by atoms with Crippen LogP contribution < -0.4 is 0 Å². The molecule has 0 aliphatic rings. The van der Waals surface area contributed by atoms with Crippen LogP contribution in [0.25, 0.3) is 22.7 Å². The molecule has 4 heteroatoms. The average Bonchev–Trinajstić information content (AvgIpc) is 2.72. The van der Waals surface area contributed by atoms with E-state index in [1.807, 2.05) is 36.4 Å². The van der Waals surface area contributed by atoms with E-state index in [2.05, 4.69) is 9.97 Å². The highest BCUT2D eigenvalue weighted by atomic mass is 35.5. The number of fused-ring (bicyclic) bond motifs is 1. The molecule has 0 bridgehead atoms. The van der Waals surface area contributed by atoms with Gasteiger partial charge in [0.2, 0.25) is 11.6 Å². The number of aromatic nitrogens is 2. The van der Waals surface area contributed by atoms with Gasteiger partial charge >= 0.3 is 0 Å². The van der Waals surface area contributed by atoms with Crippen LogP contribution in [0.3, 0.4) is 0 Å². The molecule has 0 N–H and O–H groups in total. The van der Waals surface area contributed by atoms with Gasteiger partial charge in [0.25, 0.3) is 0 Å². The quantitative estimate of drug-likeness (QED) is 0.642. The summed E-state index contributed by atoms with van der Waals surface area (Å²) in [6.45, 7) is 0. The number of pyridine rings is 1.